The summed E-state index contributed by atoms with van der Waals surface area (Å²) in [5.41, 5.74) is 3.63. The van der Waals surface area contributed by atoms with Crippen LogP contribution in [0, 0.1) is 6.92 Å². The third-order valence-corrected chi connectivity index (χ3v) is 2.61. The van der Waals surface area contributed by atoms with Crippen molar-refractivity contribution in [3.8, 4) is 0 Å². The molecule has 0 spiro atoms. The molecule has 2 heteroatoms. The molecule has 0 amide bonds. The smallest absolute Gasteiger partial charge is 0.136 e. The number of fused-ring (bicyclic) bond motifs is 1. The molecular weight excluding hydrogens is 160 g/mol. The summed E-state index contributed by atoms with van der Waals surface area (Å²) in [5, 5.41) is 0. The van der Waals surface area contributed by atoms with Gasteiger partial charge in [-0.25, -0.2) is 4.98 Å². The van der Waals surface area contributed by atoms with Gasteiger partial charge in [-0.3, -0.25) is 0 Å². The molecule has 1 fully saturated rings. The second kappa shape index (κ2) is 2.34. The molecule has 3 rings (SSSR count). The molecule has 0 saturated heterocycles. The van der Waals surface area contributed by atoms with E-state index >= 15 is 0 Å². The van der Waals surface area contributed by atoms with Gasteiger partial charge >= 0.3 is 0 Å². The van der Waals surface area contributed by atoms with E-state index in [1.807, 2.05) is 0 Å². The highest BCUT2D eigenvalue weighted by Gasteiger charge is 2.25. The summed E-state index contributed by atoms with van der Waals surface area (Å²) in [4.78, 5) is 4.58. The van der Waals surface area contributed by atoms with Crippen molar-refractivity contribution in [3.63, 3.8) is 0 Å². The molecule has 0 radical (unpaired) electrons. The molecule has 0 N–H and O–H groups in total. The molecule has 2 nitrogen and oxygen atoms in total. The maximum Gasteiger partial charge on any atom is 0.136 e. The molecule has 0 bridgehead atoms. The number of aromatic nitrogens is 2. The molecule has 2 aromatic rings. The summed E-state index contributed by atoms with van der Waals surface area (Å²) in [5.74, 6) is 0.750. The van der Waals surface area contributed by atoms with Crippen molar-refractivity contribution in [1.82, 2.24) is 9.38 Å². The van der Waals surface area contributed by atoms with Gasteiger partial charge in [0.2, 0.25) is 0 Å². The predicted octanol–water partition coefficient (Wildman–Crippen LogP) is 2.52. The topological polar surface area (TPSA) is 17.3 Å². The Morgan fingerprint density at radius 2 is 2.15 bits per heavy atom. The van der Waals surface area contributed by atoms with E-state index in [9.17, 15) is 0 Å². The number of imidazole rings is 1. The van der Waals surface area contributed by atoms with E-state index in [0.717, 1.165) is 11.6 Å². The summed E-state index contributed by atoms with van der Waals surface area (Å²) in [6, 6.07) is 4.19. The predicted molar refractivity (Wildman–Crippen MR) is 51.9 cm³/mol. The summed E-state index contributed by atoms with van der Waals surface area (Å²) in [7, 11) is 0. The normalized spacial score (nSPS) is 16.7. The molecule has 13 heavy (non-hydrogen) atoms. The summed E-state index contributed by atoms with van der Waals surface area (Å²) < 4.78 is 2.13. The quantitative estimate of drug-likeness (QED) is 0.646. The van der Waals surface area contributed by atoms with Crippen LogP contribution in [0.1, 0.15) is 30.0 Å². The van der Waals surface area contributed by atoms with Gasteiger partial charge in [0.1, 0.15) is 5.65 Å². The summed E-state index contributed by atoms with van der Waals surface area (Å²) in [6.45, 7) is 2.11. The lowest BCUT2D eigenvalue weighted by atomic mass is 10.3. The Balaban J connectivity index is 2.20. The molecular formula is C11H12N2. The zero-order valence-electron chi connectivity index (χ0n) is 7.70. The fourth-order valence-electron chi connectivity index (χ4n) is 1.70. The van der Waals surface area contributed by atoms with Crippen molar-refractivity contribution in [1.29, 1.82) is 0 Å². The molecule has 2 heterocycles. The minimum Gasteiger partial charge on any atom is -0.307 e. The van der Waals surface area contributed by atoms with Gasteiger partial charge in [-0.1, -0.05) is 6.07 Å². The Morgan fingerprint density at radius 1 is 1.31 bits per heavy atom. The molecule has 0 unspecified atom stereocenters. The first-order valence-corrected chi connectivity index (χ1v) is 4.78. The number of rotatable bonds is 1. The molecule has 0 aliphatic heterocycles. The fraction of sp³-hybridized carbons (Fsp3) is 0.364. The highest BCUT2D eigenvalue weighted by atomic mass is 15.0. The van der Waals surface area contributed by atoms with Crippen LogP contribution >= 0.6 is 0 Å². The Kier molecular flexibility index (Phi) is 1.29. The third kappa shape index (κ3) is 1.13. The van der Waals surface area contributed by atoms with Gasteiger partial charge < -0.3 is 4.40 Å². The van der Waals surface area contributed by atoms with E-state index in [1.165, 1.54) is 24.1 Å². The van der Waals surface area contributed by atoms with Crippen molar-refractivity contribution in [2.45, 2.75) is 25.7 Å². The molecule has 1 aliphatic rings. The second-order valence-electron chi connectivity index (χ2n) is 3.91. The van der Waals surface area contributed by atoms with E-state index in [2.05, 4.69) is 40.8 Å². The Hall–Kier alpha value is -1.31. The highest BCUT2D eigenvalue weighted by Crippen LogP contribution is 2.39. The lowest BCUT2D eigenvalue weighted by molar-refractivity contribution is 1.05. The van der Waals surface area contributed by atoms with Crippen LogP contribution in [0.2, 0.25) is 0 Å². The van der Waals surface area contributed by atoms with Crippen LogP contribution in [0.4, 0.5) is 0 Å². The van der Waals surface area contributed by atoms with E-state index in [1.54, 1.807) is 0 Å². The Bertz CT molecular complexity index is 452. The number of hydrogen-bond donors (Lipinski definition) is 0. The molecule has 2 aromatic heterocycles. The number of pyridine rings is 1. The molecule has 0 atom stereocenters. The average molecular weight is 172 g/mol. The van der Waals surface area contributed by atoms with Crippen molar-refractivity contribution in [3.05, 3.63) is 35.8 Å². The first-order valence-electron chi connectivity index (χ1n) is 4.78. The van der Waals surface area contributed by atoms with E-state index in [0.29, 0.717) is 0 Å². The lowest BCUT2D eigenvalue weighted by Gasteiger charge is -1.93. The zero-order chi connectivity index (χ0) is 8.84. The van der Waals surface area contributed by atoms with Crippen LogP contribution in [0.25, 0.3) is 5.65 Å². The molecule has 66 valence electrons. The first-order chi connectivity index (χ1) is 6.33. The van der Waals surface area contributed by atoms with E-state index < -0.39 is 0 Å². The summed E-state index contributed by atoms with van der Waals surface area (Å²) >= 11 is 0. The minimum atomic E-state index is 0.750. The summed E-state index contributed by atoms with van der Waals surface area (Å²) in [6.07, 6.45) is 6.94. The van der Waals surface area contributed by atoms with Gasteiger partial charge in [-0.15, -0.1) is 0 Å². The molecule has 1 aliphatic carbocycles. The van der Waals surface area contributed by atoms with Gasteiger partial charge in [0.25, 0.3) is 0 Å². The lowest BCUT2D eigenvalue weighted by Crippen LogP contribution is -1.82. The number of hydrogen-bond acceptors (Lipinski definition) is 1. The molecule has 0 aromatic carbocycles. The monoisotopic (exact) mass is 172 g/mol. The van der Waals surface area contributed by atoms with Crippen LogP contribution in [-0.2, 0) is 0 Å². The van der Waals surface area contributed by atoms with Gasteiger partial charge in [0.15, 0.2) is 0 Å². The van der Waals surface area contributed by atoms with Crippen LogP contribution < -0.4 is 0 Å². The first kappa shape index (κ1) is 7.13. The molecule has 1 saturated carbocycles. The van der Waals surface area contributed by atoms with Crippen LogP contribution in [0.5, 0.6) is 0 Å². The Morgan fingerprint density at radius 3 is 2.92 bits per heavy atom. The highest BCUT2D eigenvalue weighted by molar-refractivity contribution is 5.42. The van der Waals surface area contributed by atoms with E-state index in [4.69, 9.17) is 0 Å². The standard InChI is InChI=1S/C11H12N2/c1-8-2-5-11-12-10(9-3-4-9)7-13(11)6-8/h2,5-7,9H,3-4H2,1H3. The van der Waals surface area contributed by atoms with Crippen LogP contribution in [0.15, 0.2) is 24.5 Å². The van der Waals surface area contributed by atoms with E-state index in [-0.39, 0.29) is 0 Å². The number of aryl methyl sites for hydroxylation is 1. The van der Waals surface area contributed by atoms with Crippen molar-refractivity contribution in [2.75, 3.05) is 0 Å². The van der Waals surface area contributed by atoms with Gasteiger partial charge in [-0.05, 0) is 31.4 Å². The fourth-order valence-corrected chi connectivity index (χ4v) is 1.70. The van der Waals surface area contributed by atoms with Crippen molar-refractivity contribution < 1.29 is 0 Å². The largest absolute Gasteiger partial charge is 0.307 e. The maximum absolute atomic E-state index is 4.58. The van der Waals surface area contributed by atoms with Crippen molar-refractivity contribution >= 4 is 5.65 Å². The zero-order valence-corrected chi connectivity index (χ0v) is 7.70. The maximum atomic E-state index is 4.58. The van der Waals surface area contributed by atoms with Gasteiger partial charge in [0, 0.05) is 18.3 Å². The minimum absolute atomic E-state index is 0.750. The average Bonchev–Trinajstić information content (AvgIpc) is 2.87. The SMILES string of the molecule is Cc1ccc2nc(C3CC3)cn2c1. The third-order valence-electron chi connectivity index (χ3n) is 2.61. The van der Waals surface area contributed by atoms with Crippen LogP contribution in [-0.4, -0.2) is 9.38 Å². The second-order valence-corrected chi connectivity index (χ2v) is 3.91. The number of nitrogens with zero attached hydrogens (tertiary/aromatic N) is 2. The van der Waals surface area contributed by atoms with Crippen LogP contribution in [0.3, 0.4) is 0 Å². The van der Waals surface area contributed by atoms with Gasteiger partial charge in [-0.2, -0.15) is 0 Å². The Labute approximate surface area is 77.2 Å². The van der Waals surface area contributed by atoms with Crippen molar-refractivity contribution in [2.24, 2.45) is 0 Å². The van der Waals surface area contributed by atoms with Gasteiger partial charge in [0.05, 0.1) is 5.69 Å².